The molecular weight excluding hydrogens is 154 g/mol. The molecule has 1 saturated carbocycles. The van der Waals surface area contributed by atoms with E-state index in [4.69, 9.17) is 5.73 Å². The summed E-state index contributed by atoms with van der Waals surface area (Å²) in [6, 6.07) is -0.296. The van der Waals surface area contributed by atoms with Crippen molar-refractivity contribution < 1.29 is 4.79 Å². The number of nitrogens with zero attached hydrogens (tertiary/aromatic N) is 1. The molecule has 1 fully saturated rings. The predicted molar refractivity (Wildman–Crippen MR) is 45.9 cm³/mol. The van der Waals surface area contributed by atoms with Crippen molar-refractivity contribution in [2.75, 3.05) is 0 Å². The summed E-state index contributed by atoms with van der Waals surface area (Å²) in [6.45, 7) is 1.94. The number of carbonyl (C=O) groups is 1. The highest BCUT2D eigenvalue weighted by Gasteiger charge is 2.41. The normalized spacial score (nSPS) is 34.8. The third-order valence-corrected chi connectivity index (χ3v) is 2.56. The van der Waals surface area contributed by atoms with Crippen LogP contribution in [0.15, 0.2) is 4.99 Å². The van der Waals surface area contributed by atoms with Gasteiger partial charge in [0.05, 0.1) is 5.54 Å². The van der Waals surface area contributed by atoms with E-state index in [0.29, 0.717) is 5.84 Å². The van der Waals surface area contributed by atoms with Crippen LogP contribution in [0.2, 0.25) is 0 Å². The van der Waals surface area contributed by atoms with Gasteiger partial charge in [0.1, 0.15) is 5.84 Å². The van der Waals surface area contributed by atoms with Crippen LogP contribution in [-0.2, 0) is 0 Å². The third kappa shape index (κ3) is 1.17. The van der Waals surface area contributed by atoms with E-state index in [-0.39, 0.29) is 11.6 Å². The summed E-state index contributed by atoms with van der Waals surface area (Å²) >= 11 is 0. The minimum absolute atomic E-state index is 0.296. The number of amidine groups is 1. The zero-order valence-electron chi connectivity index (χ0n) is 7.13. The Labute approximate surface area is 71.2 Å². The number of nitrogens with one attached hydrogen (secondary N) is 1. The summed E-state index contributed by atoms with van der Waals surface area (Å²) in [4.78, 5) is 14.6. The summed E-state index contributed by atoms with van der Waals surface area (Å²) < 4.78 is 0. The number of aliphatic imine (C=N–C) groups is 1. The van der Waals surface area contributed by atoms with Crippen molar-refractivity contribution >= 4 is 11.9 Å². The Morgan fingerprint density at radius 1 is 1.75 bits per heavy atom. The molecule has 66 valence electrons. The van der Waals surface area contributed by atoms with Gasteiger partial charge in [-0.1, -0.05) is 12.8 Å². The Bertz CT molecular complexity index is 257. The molecule has 3 N–H and O–H groups in total. The number of nitrogens with two attached hydrogens (primary N) is 1. The summed E-state index contributed by atoms with van der Waals surface area (Å²) in [5, 5.41) is 2.78. The molecule has 2 amide bonds. The number of hydrogen-bond donors (Lipinski definition) is 2. The highest BCUT2D eigenvalue weighted by Crippen LogP contribution is 2.37. The standard InChI is InChI=1S/C8H13N3O/c1-8(4-5-2-3-5)6(9)10-7(12)11-8/h5H,2-4H2,1H3,(H3,9,10,11,12). The third-order valence-electron chi connectivity index (χ3n) is 2.56. The van der Waals surface area contributed by atoms with Gasteiger partial charge in [0, 0.05) is 0 Å². The van der Waals surface area contributed by atoms with Gasteiger partial charge >= 0.3 is 6.03 Å². The Kier molecular flexibility index (Phi) is 1.40. The Hall–Kier alpha value is -1.06. The number of hydrogen-bond acceptors (Lipinski definition) is 2. The lowest BCUT2D eigenvalue weighted by atomic mass is 9.94. The highest BCUT2D eigenvalue weighted by molar-refractivity contribution is 6.05. The molecule has 2 aliphatic rings. The maximum Gasteiger partial charge on any atom is 0.343 e. The molecule has 0 radical (unpaired) electrons. The molecular formula is C8H13N3O. The second-order valence-electron chi connectivity index (χ2n) is 3.91. The van der Waals surface area contributed by atoms with Gasteiger partial charge in [0.2, 0.25) is 0 Å². The van der Waals surface area contributed by atoms with E-state index >= 15 is 0 Å². The molecule has 1 aliphatic heterocycles. The SMILES string of the molecule is CC1(CC2CC2)NC(=O)N=C1N. The molecule has 1 aliphatic carbocycles. The van der Waals surface area contributed by atoms with E-state index in [9.17, 15) is 4.79 Å². The van der Waals surface area contributed by atoms with Crippen molar-refractivity contribution in [1.29, 1.82) is 0 Å². The number of amides is 2. The van der Waals surface area contributed by atoms with Gasteiger partial charge < -0.3 is 11.1 Å². The molecule has 0 aromatic rings. The van der Waals surface area contributed by atoms with E-state index in [2.05, 4.69) is 10.3 Å². The second kappa shape index (κ2) is 2.21. The van der Waals surface area contributed by atoms with Gasteiger partial charge in [-0.05, 0) is 19.3 Å². The fourth-order valence-electron chi connectivity index (χ4n) is 1.62. The molecule has 1 atom stereocenters. The maximum absolute atomic E-state index is 10.9. The molecule has 4 nitrogen and oxygen atoms in total. The maximum atomic E-state index is 10.9. The first-order chi connectivity index (χ1) is 5.60. The van der Waals surface area contributed by atoms with Crippen LogP contribution >= 0.6 is 0 Å². The van der Waals surface area contributed by atoms with Crippen LogP contribution in [0.5, 0.6) is 0 Å². The molecule has 0 spiro atoms. The number of urea groups is 1. The molecule has 2 rings (SSSR count). The van der Waals surface area contributed by atoms with Crippen LogP contribution in [-0.4, -0.2) is 17.4 Å². The number of rotatable bonds is 2. The summed E-state index contributed by atoms with van der Waals surface area (Å²) in [6.07, 6.45) is 3.46. The van der Waals surface area contributed by atoms with Crippen molar-refractivity contribution in [3.63, 3.8) is 0 Å². The molecule has 0 aromatic carbocycles. The van der Waals surface area contributed by atoms with E-state index in [0.717, 1.165) is 12.3 Å². The molecule has 12 heavy (non-hydrogen) atoms. The van der Waals surface area contributed by atoms with Crippen molar-refractivity contribution in [3.8, 4) is 0 Å². The van der Waals surface area contributed by atoms with Crippen LogP contribution in [0.3, 0.4) is 0 Å². The first-order valence-electron chi connectivity index (χ1n) is 4.27. The zero-order valence-corrected chi connectivity index (χ0v) is 7.13. The van der Waals surface area contributed by atoms with Gasteiger partial charge in [-0.25, -0.2) is 4.79 Å². The van der Waals surface area contributed by atoms with E-state index in [1.165, 1.54) is 12.8 Å². The van der Waals surface area contributed by atoms with Gasteiger partial charge in [-0.15, -0.1) is 0 Å². The monoisotopic (exact) mass is 167 g/mol. The van der Waals surface area contributed by atoms with E-state index < -0.39 is 0 Å². The highest BCUT2D eigenvalue weighted by atomic mass is 16.2. The van der Waals surface area contributed by atoms with Crippen molar-refractivity contribution in [2.45, 2.75) is 31.7 Å². The van der Waals surface area contributed by atoms with Crippen molar-refractivity contribution in [2.24, 2.45) is 16.6 Å². The number of carbonyl (C=O) groups excluding carboxylic acids is 1. The van der Waals surface area contributed by atoms with E-state index in [1.54, 1.807) is 0 Å². The average molecular weight is 167 g/mol. The Balaban J connectivity index is 2.09. The van der Waals surface area contributed by atoms with Crippen LogP contribution in [0.4, 0.5) is 4.79 Å². The van der Waals surface area contributed by atoms with Crippen LogP contribution < -0.4 is 11.1 Å². The predicted octanol–water partition coefficient (Wildman–Crippen LogP) is 0.626. The molecule has 0 aromatic heterocycles. The van der Waals surface area contributed by atoms with Gasteiger partial charge in [-0.2, -0.15) is 4.99 Å². The van der Waals surface area contributed by atoms with Gasteiger partial charge in [0.15, 0.2) is 0 Å². The fraction of sp³-hybridized carbons (Fsp3) is 0.750. The quantitative estimate of drug-likeness (QED) is 0.633. The van der Waals surface area contributed by atoms with Crippen LogP contribution in [0.25, 0.3) is 0 Å². The summed E-state index contributed by atoms with van der Waals surface area (Å²) in [5.74, 6) is 1.18. The average Bonchev–Trinajstić information content (AvgIpc) is 2.65. The minimum Gasteiger partial charge on any atom is -0.385 e. The molecule has 1 heterocycles. The van der Waals surface area contributed by atoms with E-state index in [1.807, 2.05) is 6.92 Å². The zero-order chi connectivity index (χ0) is 8.77. The lowest BCUT2D eigenvalue weighted by molar-refractivity contribution is 0.245. The van der Waals surface area contributed by atoms with Crippen molar-refractivity contribution in [1.82, 2.24) is 5.32 Å². The topological polar surface area (TPSA) is 67.5 Å². The molecule has 0 saturated heterocycles. The lowest BCUT2D eigenvalue weighted by Crippen LogP contribution is -2.49. The summed E-state index contributed by atoms with van der Waals surface area (Å²) in [7, 11) is 0. The lowest BCUT2D eigenvalue weighted by Gasteiger charge is -2.23. The van der Waals surface area contributed by atoms with Crippen LogP contribution in [0.1, 0.15) is 26.2 Å². The molecule has 1 unspecified atom stereocenters. The summed E-state index contributed by atoms with van der Waals surface area (Å²) in [5.41, 5.74) is 5.28. The van der Waals surface area contributed by atoms with Gasteiger partial charge in [-0.3, -0.25) is 0 Å². The smallest absolute Gasteiger partial charge is 0.343 e. The Morgan fingerprint density at radius 3 is 2.83 bits per heavy atom. The van der Waals surface area contributed by atoms with Crippen LogP contribution in [0, 0.1) is 5.92 Å². The molecule has 0 bridgehead atoms. The second-order valence-corrected chi connectivity index (χ2v) is 3.91. The van der Waals surface area contributed by atoms with Crippen molar-refractivity contribution in [3.05, 3.63) is 0 Å². The first-order valence-corrected chi connectivity index (χ1v) is 4.27. The van der Waals surface area contributed by atoms with Gasteiger partial charge in [0.25, 0.3) is 0 Å². The first kappa shape index (κ1) is 7.58. The Morgan fingerprint density at radius 2 is 2.42 bits per heavy atom. The fourth-order valence-corrected chi connectivity index (χ4v) is 1.62. The largest absolute Gasteiger partial charge is 0.385 e. The minimum atomic E-state index is -0.363. The molecule has 4 heteroatoms.